The van der Waals surface area contributed by atoms with E-state index in [2.05, 4.69) is 29.8 Å². The van der Waals surface area contributed by atoms with Crippen LogP contribution in [0.1, 0.15) is 42.0 Å². The van der Waals surface area contributed by atoms with Crippen molar-refractivity contribution in [2.45, 2.75) is 44.8 Å². The number of carbonyl (C=O) groups is 1. The number of benzene rings is 1. The average molecular weight is 568 g/mol. The van der Waals surface area contributed by atoms with Crippen molar-refractivity contribution in [1.82, 2.24) is 34.7 Å². The summed E-state index contributed by atoms with van der Waals surface area (Å²) in [6.45, 7) is 2.15. The van der Waals surface area contributed by atoms with Crippen molar-refractivity contribution < 1.29 is 22.4 Å². The number of nitrogens with one attached hydrogen (secondary N) is 1. The number of halogens is 4. The second kappa shape index (κ2) is 11.2. The standard InChI is InChI=1S/C29H29F4N7O/c30-27-24(12-18-1-2-18)35-17-36-28(27)20-3-4-22-23(13-20)38-25(37-22)14-21-11-19(5-6-34-21)16-39-7-9-40(10-8-39)26(41)15-29(31,32)33/h3-6,11,13,17-18H,1-2,7-10,12,14-16H2,(H,37,38). The van der Waals surface area contributed by atoms with Crippen LogP contribution in [0.25, 0.3) is 22.3 Å². The van der Waals surface area contributed by atoms with E-state index in [9.17, 15) is 18.0 Å². The monoisotopic (exact) mass is 567 g/mol. The first-order valence-corrected chi connectivity index (χ1v) is 13.7. The zero-order valence-corrected chi connectivity index (χ0v) is 22.3. The fourth-order valence-corrected chi connectivity index (χ4v) is 5.23. The van der Waals surface area contributed by atoms with Gasteiger partial charge in [0.2, 0.25) is 5.91 Å². The Morgan fingerprint density at radius 1 is 1.02 bits per heavy atom. The maximum absolute atomic E-state index is 15.1. The zero-order valence-electron chi connectivity index (χ0n) is 22.3. The number of aromatic amines is 1. The fraction of sp³-hybridized carbons (Fsp3) is 0.414. The molecule has 0 radical (unpaired) electrons. The van der Waals surface area contributed by atoms with E-state index in [1.807, 2.05) is 30.3 Å². The summed E-state index contributed by atoms with van der Waals surface area (Å²) in [5, 5.41) is 0. The van der Waals surface area contributed by atoms with Gasteiger partial charge in [-0.1, -0.05) is 6.07 Å². The predicted molar refractivity (Wildman–Crippen MR) is 143 cm³/mol. The van der Waals surface area contributed by atoms with Crippen molar-refractivity contribution >= 4 is 16.9 Å². The van der Waals surface area contributed by atoms with Crippen LogP contribution in [0.15, 0.2) is 42.9 Å². The van der Waals surface area contributed by atoms with Gasteiger partial charge in [-0.2, -0.15) is 13.2 Å². The first kappa shape index (κ1) is 27.3. The lowest BCUT2D eigenvalue weighted by Crippen LogP contribution is -2.49. The highest BCUT2D eigenvalue weighted by atomic mass is 19.4. The number of alkyl halides is 3. The lowest BCUT2D eigenvalue weighted by atomic mass is 10.1. The molecule has 8 nitrogen and oxygen atoms in total. The summed E-state index contributed by atoms with van der Waals surface area (Å²) in [5.41, 5.74) is 4.76. The van der Waals surface area contributed by atoms with Gasteiger partial charge in [0.25, 0.3) is 0 Å². The molecule has 1 N–H and O–H groups in total. The third kappa shape index (κ3) is 6.70. The number of piperazine rings is 1. The van der Waals surface area contributed by atoms with E-state index in [0.717, 1.165) is 41.0 Å². The number of carbonyl (C=O) groups excluding carboxylic acids is 1. The van der Waals surface area contributed by atoms with E-state index in [1.54, 1.807) is 6.20 Å². The number of fused-ring (bicyclic) bond motifs is 1. The molecule has 1 aliphatic heterocycles. The number of hydrogen-bond acceptors (Lipinski definition) is 6. The zero-order chi connectivity index (χ0) is 28.6. The van der Waals surface area contributed by atoms with Gasteiger partial charge in [0, 0.05) is 56.6 Å². The Hall–Kier alpha value is -3.93. The van der Waals surface area contributed by atoms with Gasteiger partial charge in [0.15, 0.2) is 5.82 Å². The first-order valence-electron chi connectivity index (χ1n) is 13.7. The molecule has 1 aromatic carbocycles. The molecule has 4 aromatic rings. The van der Waals surface area contributed by atoms with Gasteiger partial charge in [0.1, 0.15) is 24.3 Å². The van der Waals surface area contributed by atoms with Gasteiger partial charge in [0.05, 0.1) is 16.7 Å². The molecule has 12 heteroatoms. The molecule has 6 rings (SSSR count). The molecular weight excluding hydrogens is 538 g/mol. The maximum atomic E-state index is 15.1. The molecule has 1 amide bonds. The lowest BCUT2D eigenvalue weighted by molar-refractivity contribution is -0.162. The van der Waals surface area contributed by atoms with Crippen LogP contribution in [0.2, 0.25) is 0 Å². The molecule has 2 aliphatic rings. The number of amides is 1. The molecule has 0 bridgehead atoms. The number of rotatable bonds is 8. The molecule has 1 saturated heterocycles. The van der Waals surface area contributed by atoms with Crippen LogP contribution in [0.5, 0.6) is 0 Å². The lowest BCUT2D eigenvalue weighted by Gasteiger charge is -2.35. The number of hydrogen-bond donors (Lipinski definition) is 1. The Labute approximate surface area is 233 Å². The highest BCUT2D eigenvalue weighted by Crippen LogP contribution is 2.34. The van der Waals surface area contributed by atoms with Crippen LogP contribution in [-0.4, -0.2) is 73.0 Å². The molecule has 0 unspecified atom stereocenters. The van der Waals surface area contributed by atoms with E-state index >= 15 is 4.39 Å². The van der Waals surface area contributed by atoms with Crippen LogP contribution in [0, 0.1) is 11.7 Å². The third-order valence-corrected chi connectivity index (χ3v) is 7.56. The largest absolute Gasteiger partial charge is 0.397 e. The van der Waals surface area contributed by atoms with E-state index in [0.29, 0.717) is 49.7 Å². The molecule has 2 fully saturated rings. The van der Waals surface area contributed by atoms with Gasteiger partial charge in [-0.3, -0.25) is 14.7 Å². The van der Waals surface area contributed by atoms with Crippen molar-refractivity contribution in [1.29, 1.82) is 0 Å². The molecule has 0 atom stereocenters. The molecule has 41 heavy (non-hydrogen) atoms. The van der Waals surface area contributed by atoms with Gasteiger partial charge in [-0.15, -0.1) is 0 Å². The topological polar surface area (TPSA) is 90.9 Å². The second-order valence-electron chi connectivity index (χ2n) is 10.8. The summed E-state index contributed by atoms with van der Waals surface area (Å²) in [7, 11) is 0. The minimum Gasteiger partial charge on any atom is -0.342 e. The number of pyridine rings is 1. The minimum absolute atomic E-state index is 0.272. The molecular formula is C29H29F4N7O. The molecule has 214 valence electrons. The highest BCUT2D eigenvalue weighted by molar-refractivity contribution is 5.81. The van der Waals surface area contributed by atoms with E-state index in [-0.39, 0.29) is 24.6 Å². The number of aromatic nitrogens is 5. The average Bonchev–Trinajstić information content (AvgIpc) is 3.66. The van der Waals surface area contributed by atoms with Crippen molar-refractivity contribution in [3.05, 3.63) is 71.4 Å². The number of nitrogens with zero attached hydrogens (tertiary/aromatic N) is 6. The quantitative estimate of drug-likeness (QED) is 0.311. The van der Waals surface area contributed by atoms with Gasteiger partial charge in [-0.25, -0.2) is 19.3 Å². The predicted octanol–water partition coefficient (Wildman–Crippen LogP) is 4.69. The van der Waals surface area contributed by atoms with Gasteiger partial charge >= 0.3 is 6.18 Å². The van der Waals surface area contributed by atoms with Crippen molar-refractivity contribution in [3.8, 4) is 11.3 Å². The fourth-order valence-electron chi connectivity index (χ4n) is 5.23. The van der Waals surface area contributed by atoms with E-state index in [1.165, 1.54) is 11.2 Å². The molecule has 0 spiro atoms. The minimum atomic E-state index is -4.49. The second-order valence-corrected chi connectivity index (χ2v) is 10.8. The van der Waals surface area contributed by atoms with Crippen LogP contribution in [0.3, 0.4) is 0 Å². The Morgan fingerprint density at radius 2 is 1.83 bits per heavy atom. The third-order valence-electron chi connectivity index (χ3n) is 7.56. The number of imidazole rings is 1. The summed E-state index contributed by atoms with van der Waals surface area (Å²) in [4.78, 5) is 36.1. The normalized spacial score (nSPS) is 16.4. The molecule has 3 aromatic heterocycles. The van der Waals surface area contributed by atoms with Crippen molar-refractivity contribution in [3.63, 3.8) is 0 Å². The van der Waals surface area contributed by atoms with Crippen LogP contribution < -0.4 is 0 Å². The van der Waals surface area contributed by atoms with Crippen LogP contribution in [0.4, 0.5) is 17.6 Å². The highest BCUT2D eigenvalue weighted by Gasteiger charge is 2.34. The number of H-pyrrole nitrogens is 1. The molecule has 1 saturated carbocycles. The van der Waals surface area contributed by atoms with Crippen molar-refractivity contribution in [2.24, 2.45) is 5.92 Å². The molecule has 1 aliphatic carbocycles. The van der Waals surface area contributed by atoms with Gasteiger partial charge < -0.3 is 9.88 Å². The Kier molecular flexibility index (Phi) is 7.41. The Bertz CT molecular complexity index is 1560. The Morgan fingerprint density at radius 3 is 2.59 bits per heavy atom. The summed E-state index contributed by atoms with van der Waals surface area (Å²) in [6, 6.07) is 9.40. The smallest absolute Gasteiger partial charge is 0.342 e. The summed E-state index contributed by atoms with van der Waals surface area (Å²) in [6.07, 6.45) is 0.587. The summed E-state index contributed by atoms with van der Waals surface area (Å²) < 4.78 is 52.8. The van der Waals surface area contributed by atoms with Crippen molar-refractivity contribution in [2.75, 3.05) is 26.2 Å². The molecule has 4 heterocycles. The van der Waals surface area contributed by atoms with Crippen LogP contribution in [-0.2, 0) is 24.2 Å². The van der Waals surface area contributed by atoms with Crippen LogP contribution >= 0.6 is 0 Å². The first-order chi connectivity index (χ1) is 19.7. The SMILES string of the molecule is O=C(CC(F)(F)F)N1CCN(Cc2ccnc(Cc3nc4ccc(-c5ncnc(CC6CC6)c5F)cc4[nH]3)c2)CC1. The van der Waals surface area contributed by atoms with E-state index < -0.39 is 18.5 Å². The van der Waals surface area contributed by atoms with E-state index in [4.69, 9.17) is 0 Å². The Balaban J connectivity index is 1.10. The van der Waals surface area contributed by atoms with Gasteiger partial charge in [-0.05, 0) is 55.0 Å². The summed E-state index contributed by atoms with van der Waals surface area (Å²) in [5.74, 6) is -0.00339. The maximum Gasteiger partial charge on any atom is 0.397 e. The summed E-state index contributed by atoms with van der Waals surface area (Å²) >= 11 is 0.